The summed E-state index contributed by atoms with van der Waals surface area (Å²) in [4.78, 5) is 26.6. The van der Waals surface area contributed by atoms with Gasteiger partial charge in [-0.15, -0.1) is 6.58 Å². The summed E-state index contributed by atoms with van der Waals surface area (Å²) in [7, 11) is 1.55. The third-order valence-corrected chi connectivity index (χ3v) is 4.67. The van der Waals surface area contributed by atoms with Crippen LogP contribution in [0.3, 0.4) is 0 Å². The highest BCUT2D eigenvalue weighted by molar-refractivity contribution is 6.46. The first-order valence-electron chi connectivity index (χ1n) is 8.27. The van der Waals surface area contributed by atoms with E-state index >= 15 is 0 Å². The number of aliphatic hydroxyl groups is 1. The summed E-state index contributed by atoms with van der Waals surface area (Å²) >= 11 is 5.90. The summed E-state index contributed by atoms with van der Waals surface area (Å²) < 4.78 is 5.17. The van der Waals surface area contributed by atoms with E-state index < -0.39 is 17.7 Å². The highest BCUT2D eigenvalue weighted by atomic mass is 35.5. The molecule has 27 heavy (non-hydrogen) atoms. The number of nitrogens with zero attached hydrogens (tertiary/aromatic N) is 1. The van der Waals surface area contributed by atoms with E-state index in [1.54, 1.807) is 61.7 Å². The van der Waals surface area contributed by atoms with Gasteiger partial charge in [-0.3, -0.25) is 9.59 Å². The van der Waals surface area contributed by atoms with Crippen molar-refractivity contribution in [1.82, 2.24) is 4.90 Å². The van der Waals surface area contributed by atoms with Crippen molar-refractivity contribution in [3.63, 3.8) is 0 Å². The van der Waals surface area contributed by atoms with Gasteiger partial charge in [-0.2, -0.15) is 0 Å². The third-order valence-electron chi connectivity index (χ3n) is 4.41. The first kappa shape index (κ1) is 18.7. The summed E-state index contributed by atoms with van der Waals surface area (Å²) in [6.07, 6.45) is 1.55. The molecule has 1 amide bonds. The average Bonchev–Trinajstić information content (AvgIpc) is 2.93. The van der Waals surface area contributed by atoms with Crippen LogP contribution in [-0.2, 0) is 9.59 Å². The van der Waals surface area contributed by atoms with Gasteiger partial charge >= 0.3 is 0 Å². The lowest BCUT2D eigenvalue weighted by molar-refractivity contribution is -0.139. The molecule has 2 aromatic carbocycles. The maximum Gasteiger partial charge on any atom is 0.295 e. The Morgan fingerprint density at radius 1 is 1.19 bits per heavy atom. The van der Waals surface area contributed by atoms with Gasteiger partial charge in [-0.25, -0.2) is 0 Å². The van der Waals surface area contributed by atoms with Crippen LogP contribution in [0.5, 0.6) is 5.75 Å². The molecule has 1 heterocycles. The molecule has 0 unspecified atom stereocenters. The number of ketones is 1. The number of rotatable bonds is 5. The number of carbonyl (C=O) groups is 2. The number of benzene rings is 2. The number of Topliss-reactive ketones (excluding diaryl/α,β-unsaturated/α-hetero) is 1. The van der Waals surface area contributed by atoms with Crippen molar-refractivity contribution in [1.29, 1.82) is 0 Å². The summed E-state index contributed by atoms with van der Waals surface area (Å²) in [5, 5.41) is 11.3. The standard InChI is InChI=1S/C21H18ClNO4/c1-3-12-23-18(13-6-10-16(27-2)11-7-13)17(20(25)21(23)26)19(24)14-4-8-15(22)9-5-14/h3-11,18,24H,1,12H2,2H3/t18-/m1/s1. The summed E-state index contributed by atoms with van der Waals surface area (Å²) in [6, 6.07) is 12.7. The molecule has 0 saturated carbocycles. The molecule has 0 aliphatic carbocycles. The fourth-order valence-corrected chi connectivity index (χ4v) is 3.23. The minimum absolute atomic E-state index is 0.0364. The second-order valence-electron chi connectivity index (χ2n) is 6.02. The van der Waals surface area contributed by atoms with E-state index in [-0.39, 0.29) is 17.9 Å². The number of likely N-dealkylation sites (tertiary alicyclic amines) is 1. The number of hydrogen-bond donors (Lipinski definition) is 1. The van der Waals surface area contributed by atoms with E-state index in [1.807, 2.05) is 0 Å². The van der Waals surface area contributed by atoms with Crippen LogP contribution < -0.4 is 4.74 Å². The lowest BCUT2D eigenvalue weighted by atomic mass is 9.95. The maximum absolute atomic E-state index is 12.7. The van der Waals surface area contributed by atoms with Crippen molar-refractivity contribution in [2.45, 2.75) is 6.04 Å². The number of methoxy groups -OCH3 is 1. The van der Waals surface area contributed by atoms with Crippen molar-refractivity contribution < 1.29 is 19.4 Å². The van der Waals surface area contributed by atoms with Crippen LogP contribution >= 0.6 is 11.6 Å². The van der Waals surface area contributed by atoms with Crippen molar-refractivity contribution in [3.8, 4) is 5.75 Å². The summed E-state index contributed by atoms with van der Waals surface area (Å²) in [5.74, 6) is -0.995. The quantitative estimate of drug-likeness (QED) is 0.367. The smallest absolute Gasteiger partial charge is 0.295 e. The number of halogens is 1. The van der Waals surface area contributed by atoms with Crippen molar-refractivity contribution in [3.05, 3.63) is 82.9 Å². The molecule has 6 heteroatoms. The molecule has 1 fully saturated rings. The number of amides is 1. The fourth-order valence-electron chi connectivity index (χ4n) is 3.10. The average molecular weight is 384 g/mol. The van der Waals surface area contributed by atoms with Gasteiger partial charge in [-0.1, -0.05) is 29.8 Å². The summed E-state index contributed by atoms with van der Waals surface area (Å²) in [6.45, 7) is 3.84. The predicted octanol–water partition coefficient (Wildman–Crippen LogP) is 3.96. The number of carbonyl (C=O) groups excluding carboxylic acids is 2. The second-order valence-corrected chi connectivity index (χ2v) is 6.46. The van der Waals surface area contributed by atoms with Crippen molar-refractivity contribution in [2.24, 2.45) is 0 Å². The van der Waals surface area contributed by atoms with Gasteiger partial charge in [-0.05, 0) is 42.0 Å². The molecule has 0 aromatic heterocycles. The summed E-state index contributed by atoms with van der Waals surface area (Å²) in [5.41, 5.74) is 1.14. The van der Waals surface area contributed by atoms with Gasteiger partial charge in [0.25, 0.3) is 11.7 Å². The van der Waals surface area contributed by atoms with Crippen LogP contribution in [0.25, 0.3) is 5.76 Å². The molecule has 0 bridgehead atoms. The Balaban J connectivity index is 2.16. The predicted molar refractivity (Wildman–Crippen MR) is 104 cm³/mol. The SMILES string of the molecule is C=CCN1C(=O)C(=O)C(=C(O)c2ccc(Cl)cc2)[C@H]1c1ccc(OC)cc1. The largest absolute Gasteiger partial charge is 0.507 e. The first-order valence-corrected chi connectivity index (χ1v) is 8.65. The van der Waals surface area contributed by atoms with E-state index in [2.05, 4.69) is 6.58 Å². The Hall–Kier alpha value is -3.05. The molecule has 0 spiro atoms. The zero-order valence-corrected chi connectivity index (χ0v) is 15.4. The molecule has 1 N–H and O–H groups in total. The van der Waals surface area contributed by atoms with E-state index in [1.165, 1.54) is 4.90 Å². The Kier molecular flexibility index (Phi) is 5.33. The van der Waals surface area contributed by atoms with Crippen LogP contribution in [0.4, 0.5) is 0 Å². The van der Waals surface area contributed by atoms with E-state index in [9.17, 15) is 14.7 Å². The minimum Gasteiger partial charge on any atom is -0.507 e. The van der Waals surface area contributed by atoms with Crippen LogP contribution in [0.2, 0.25) is 5.02 Å². The third kappa shape index (κ3) is 3.46. The maximum atomic E-state index is 12.7. The van der Waals surface area contributed by atoms with Gasteiger partial charge in [0, 0.05) is 17.1 Å². The number of hydrogen-bond acceptors (Lipinski definition) is 4. The monoisotopic (exact) mass is 383 g/mol. The highest BCUT2D eigenvalue weighted by Gasteiger charge is 2.45. The number of ether oxygens (including phenoxy) is 1. The molecular weight excluding hydrogens is 366 g/mol. The van der Waals surface area contributed by atoms with Gasteiger partial charge in [0.2, 0.25) is 0 Å². The molecule has 1 aliphatic rings. The van der Waals surface area contributed by atoms with Crippen molar-refractivity contribution >= 4 is 29.1 Å². The molecule has 5 nitrogen and oxygen atoms in total. The van der Waals surface area contributed by atoms with Crippen molar-refractivity contribution in [2.75, 3.05) is 13.7 Å². The lowest BCUT2D eigenvalue weighted by Crippen LogP contribution is -2.29. The zero-order chi connectivity index (χ0) is 19.6. The molecule has 1 atom stereocenters. The molecule has 3 rings (SSSR count). The van der Waals surface area contributed by atoms with Gasteiger partial charge in [0.1, 0.15) is 11.5 Å². The van der Waals surface area contributed by atoms with Gasteiger partial charge in [0.05, 0.1) is 18.7 Å². The molecule has 138 valence electrons. The lowest BCUT2D eigenvalue weighted by Gasteiger charge is -2.24. The zero-order valence-electron chi connectivity index (χ0n) is 14.7. The van der Waals surface area contributed by atoms with E-state index in [0.717, 1.165) is 0 Å². The normalized spacial score (nSPS) is 18.6. The number of aliphatic hydroxyl groups excluding tert-OH is 1. The minimum atomic E-state index is -0.731. The second kappa shape index (κ2) is 7.68. The van der Waals surface area contributed by atoms with Crippen LogP contribution in [-0.4, -0.2) is 35.4 Å². The topological polar surface area (TPSA) is 66.8 Å². The molecule has 0 radical (unpaired) electrons. The van der Waals surface area contributed by atoms with E-state index in [4.69, 9.17) is 16.3 Å². The first-order chi connectivity index (χ1) is 13.0. The highest BCUT2D eigenvalue weighted by Crippen LogP contribution is 2.39. The molecule has 2 aromatic rings. The van der Waals surface area contributed by atoms with Crippen LogP contribution in [0.15, 0.2) is 66.8 Å². The van der Waals surface area contributed by atoms with Gasteiger partial charge in [0.15, 0.2) is 0 Å². The van der Waals surface area contributed by atoms with Gasteiger partial charge < -0.3 is 14.7 Å². The van der Waals surface area contributed by atoms with Crippen LogP contribution in [0, 0.1) is 0 Å². The Bertz CT molecular complexity index is 916. The van der Waals surface area contributed by atoms with E-state index in [0.29, 0.717) is 21.9 Å². The fraction of sp³-hybridized carbons (Fsp3) is 0.143. The Labute approximate surface area is 162 Å². The Morgan fingerprint density at radius 2 is 1.81 bits per heavy atom. The molecule has 1 saturated heterocycles. The molecular formula is C21H18ClNO4. The van der Waals surface area contributed by atoms with Crippen LogP contribution in [0.1, 0.15) is 17.2 Å². The Morgan fingerprint density at radius 3 is 2.37 bits per heavy atom. The molecule has 1 aliphatic heterocycles.